The van der Waals surface area contributed by atoms with Gasteiger partial charge < -0.3 is 25.4 Å². The van der Waals surface area contributed by atoms with Gasteiger partial charge in [0.2, 0.25) is 5.96 Å². The first kappa shape index (κ1) is 24.3. The Hall–Kier alpha value is -3.33. The number of methoxy groups -OCH3 is 2. The van der Waals surface area contributed by atoms with Gasteiger partial charge in [-0.1, -0.05) is 17.7 Å². The topological polar surface area (TPSA) is 101 Å². The van der Waals surface area contributed by atoms with E-state index in [0.717, 1.165) is 25.7 Å². The molecule has 176 valence electrons. The van der Waals surface area contributed by atoms with Gasteiger partial charge in [-0.3, -0.25) is 4.79 Å². The van der Waals surface area contributed by atoms with Crippen LogP contribution in [0.1, 0.15) is 36.0 Å². The molecule has 1 aliphatic carbocycles. The van der Waals surface area contributed by atoms with Crippen LogP contribution in [0, 0.1) is 5.82 Å². The second-order valence-corrected chi connectivity index (χ2v) is 8.05. The van der Waals surface area contributed by atoms with E-state index in [-0.39, 0.29) is 23.1 Å². The van der Waals surface area contributed by atoms with Crippen molar-refractivity contribution < 1.29 is 23.5 Å². The number of nitrogens with zero attached hydrogens (tertiary/aromatic N) is 1. The molecule has 3 N–H and O–H groups in total. The van der Waals surface area contributed by atoms with E-state index in [1.54, 1.807) is 24.3 Å². The van der Waals surface area contributed by atoms with Crippen LogP contribution in [0.4, 0.5) is 14.9 Å². The first-order valence-electron chi connectivity index (χ1n) is 10.5. The van der Waals surface area contributed by atoms with Gasteiger partial charge in [-0.05, 0) is 62.1 Å². The van der Waals surface area contributed by atoms with Crippen molar-refractivity contribution in [1.82, 2.24) is 10.6 Å². The highest BCUT2D eigenvalue weighted by Gasteiger charge is 2.24. The predicted molar refractivity (Wildman–Crippen MR) is 125 cm³/mol. The van der Waals surface area contributed by atoms with Gasteiger partial charge in [0, 0.05) is 28.4 Å². The van der Waals surface area contributed by atoms with Gasteiger partial charge in [0.1, 0.15) is 11.6 Å². The number of benzene rings is 2. The molecule has 0 radical (unpaired) electrons. The van der Waals surface area contributed by atoms with Gasteiger partial charge in [0.15, 0.2) is 0 Å². The number of ether oxygens (including phenoxy) is 2. The molecule has 0 aromatic heterocycles. The Morgan fingerprint density at radius 3 is 2.36 bits per heavy atom. The van der Waals surface area contributed by atoms with Gasteiger partial charge in [-0.15, -0.1) is 0 Å². The lowest BCUT2D eigenvalue weighted by molar-refractivity contribution is 0.100. The van der Waals surface area contributed by atoms with Crippen molar-refractivity contribution in [2.75, 3.05) is 19.5 Å². The number of aliphatic imine (C=N–C) groups is 1. The fraction of sp³-hybridized carbons (Fsp3) is 0.348. The number of amides is 2. The molecule has 2 amide bonds. The molecule has 0 bridgehead atoms. The quantitative estimate of drug-likeness (QED) is 0.438. The molecule has 10 heteroatoms. The minimum atomic E-state index is -0.516. The highest BCUT2D eigenvalue weighted by Crippen LogP contribution is 2.21. The van der Waals surface area contributed by atoms with Gasteiger partial charge >= 0.3 is 6.09 Å². The molecule has 3 rings (SSSR count). The van der Waals surface area contributed by atoms with Crippen molar-refractivity contribution in [2.45, 2.75) is 37.8 Å². The molecule has 33 heavy (non-hydrogen) atoms. The maximum absolute atomic E-state index is 13.8. The summed E-state index contributed by atoms with van der Waals surface area (Å²) in [5.41, 5.74) is 0.699. The van der Waals surface area contributed by atoms with E-state index >= 15 is 0 Å². The molecule has 0 saturated heterocycles. The summed E-state index contributed by atoms with van der Waals surface area (Å²) in [4.78, 5) is 28.4. The number of nitrogens with one attached hydrogen (secondary N) is 3. The Kier molecular flexibility index (Phi) is 8.48. The van der Waals surface area contributed by atoms with E-state index in [9.17, 15) is 14.0 Å². The average Bonchev–Trinajstić information content (AvgIpc) is 2.79. The third-order valence-corrected chi connectivity index (χ3v) is 5.45. The van der Waals surface area contributed by atoms with Crippen LogP contribution in [0.5, 0.6) is 5.75 Å². The average molecular weight is 477 g/mol. The fourth-order valence-corrected chi connectivity index (χ4v) is 3.80. The number of carbonyl (C=O) groups is 2. The van der Waals surface area contributed by atoms with Crippen molar-refractivity contribution in [3.8, 4) is 5.75 Å². The zero-order valence-electron chi connectivity index (χ0n) is 18.4. The lowest BCUT2D eigenvalue weighted by Crippen LogP contribution is -2.45. The van der Waals surface area contributed by atoms with Crippen LogP contribution in [0.25, 0.3) is 0 Å². The van der Waals surface area contributed by atoms with E-state index in [1.165, 1.54) is 32.4 Å². The zero-order valence-corrected chi connectivity index (χ0v) is 19.1. The number of halogens is 2. The Labute approximate surface area is 196 Å². The van der Waals surface area contributed by atoms with Crippen molar-refractivity contribution in [1.29, 1.82) is 0 Å². The number of alkyl carbamates (subject to hydrolysis) is 1. The number of rotatable bonds is 5. The fourth-order valence-electron chi connectivity index (χ4n) is 3.58. The molecule has 0 atom stereocenters. The molecule has 1 fully saturated rings. The van der Waals surface area contributed by atoms with E-state index in [1.807, 2.05) is 0 Å². The highest BCUT2D eigenvalue weighted by molar-refractivity contribution is 6.31. The second kappa shape index (κ2) is 11.5. The lowest BCUT2D eigenvalue weighted by Gasteiger charge is -2.30. The summed E-state index contributed by atoms with van der Waals surface area (Å²) >= 11 is 5.96. The summed E-state index contributed by atoms with van der Waals surface area (Å²) < 4.78 is 23.6. The van der Waals surface area contributed by atoms with E-state index < -0.39 is 17.8 Å². The van der Waals surface area contributed by atoms with Crippen LogP contribution in [-0.4, -0.2) is 44.3 Å². The molecule has 0 aliphatic heterocycles. The van der Waals surface area contributed by atoms with Gasteiger partial charge in [-0.25, -0.2) is 9.18 Å². The number of carbonyl (C=O) groups excluding carboxylic acids is 2. The second-order valence-electron chi connectivity index (χ2n) is 7.61. The van der Waals surface area contributed by atoms with Crippen LogP contribution in [0.15, 0.2) is 47.5 Å². The van der Waals surface area contributed by atoms with E-state index in [2.05, 4.69) is 25.7 Å². The summed E-state index contributed by atoms with van der Waals surface area (Å²) in [5, 5.41) is 9.22. The summed E-state index contributed by atoms with van der Waals surface area (Å²) in [5.74, 6) is -0.300. The summed E-state index contributed by atoms with van der Waals surface area (Å²) in [7, 11) is 2.84. The third kappa shape index (κ3) is 7.35. The summed E-state index contributed by atoms with van der Waals surface area (Å²) in [6.07, 6.45) is 2.46. The molecule has 0 spiro atoms. The molecular formula is C23H26ClFN4O4. The molecule has 8 nitrogen and oxygen atoms in total. The minimum absolute atomic E-state index is 0.00547. The molecule has 0 heterocycles. The minimum Gasteiger partial charge on any atom is -0.497 e. The van der Waals surface area contributed by atoms with Crippen molar-refractivity contribution in [3.05, 3.63) is 58.9 Å². The lowest BCUT2D eigenvalue weighted by atomic mass is 9.91. The standard InChI is InChI=1S/C23H26ClFN4O4/c1-32-20-5-3-4-14(10-20)21(30)29-22(27-19-12-15(24)11-16(25)13-19)26-17-6-8-18(9-7-17)28-23(31)33-2/h3-5,10-13,17-18H,6-9H2,1-2H3,(H,28,31)(H2,26,27,29,30). The van der Waals surface area contributed by atoms with E-state index in [4.69, 9.17) is 16.3 Å². The smallest absolute Gasteiger partial charge is 0.407 e. The molecule has 1 aliphatic rings. The van der Waals surface area contributed by atoms with E-state index in [0.29, 0.717) is 17.0 Å². The third-order valence-electron chi connectivity index (χ3n) is 5.23. The normalized spacial score (nSPS) is 18.2. The molecule has 2 aromatic carbocycles. The SMILES string of the molecule is COC(=O)NC1CCC(N/C(=N\C(=O)c2cccc(OC)c2)Nc2cc(F)cc(Cl)c2)CC1. The first-order valence-corrected chi connectivity index (χ1v) is 10.8. The Bertz CT molecular complexity index is 1010. The largest absolute Gasteiger partial charge is 0.497 e. The van der Waals surface area contributed by atoms with Crippen LogP contribution in [0.2, 0.25) is 5.02 Å². The summed E-state index contributed by atoms with van der Waals surface area (Å²) in [6, 6.07) is 10.6. The number of hydrogen-bond acceptors (Lipinski definition) is 4. The number of hydrogen-bond donors (Lipinski definition) is 3. The molecular weight excluding hydrogens is 451 g/mol. The van der Waals surface area contributed by atoms with Crippen molar-refractivity contribution in [3.63, 3.8) is 0 Å². The van der Waals surface area contributed by atoms with Crippen molar-refractivity contribution in [2.24, 2.45) is 4.99 Å². The number of guanidine groups is 1. The summed E-state index contributed by atoms with van der Waals surface area (Å²) in [6.45, 7) is 0. The monoisotopic (exact) mass is 476 g/mol. The molecule has 1 saturated carbocycles. The van der Waals surface area contributed by atoms with Crippen LogP contribution in [0.3, 0.4) is 0 Å². The van der Waals surface area contributed by atoms with Gasteiger partial charge in [-0.2, -0.15) is 4.99 Å². The maximum Gasteiger partial charge on any atom is 0.407 e. The van der Waals surface area contributed by atoms with Crippen LogP contribution >= 0.6 is 11.6 Å². The van der Waals surface area contributed by atoms with Crippen LogP contribution < -0.4 is 20.7 Å². The van der Waals surface area contributed by atoms with Gasteiger partial charge in [0.25, 0.3) is 5.91 Å². The highest BCUT2D eigenvalue weighted by atomic mass is 35.5. The zero-order chi connectivity index (χ0) is 23.8. The first-order chi connectivity index (χ1) is 15.9. The molecule has 2 aromatic rings. The van der Waals surface area contributed by atoms with Crippen LogP contribution in [-0.2, 0) is 4.74 Å². The van der Waals surface area contributed by atoms with Crippen molar-refractivity contribution >= 4 is 35.2 Å². The molecule has 0 unspecified atom stereocenters. The Morgan fingerprint density at radius 2 is 1.73 bits per heavy atom. The maximum atomic E-state index is 13.8. The predicted octanol–water partition coefficient (Wildman–Crippen LogP) is 4.35. The number of anilines is 1. The van der Waals surface area contributed by atoms with Gasteiger partial charge in [0.05, 0.1) is 14.2 Å². The Balaban J connectivity index is 1.76. The Morgan fingerprint density at radius 1 is 1.03 bits per heavy atom.